The summed E-state index contributed by atoms with van der Waals surface area (Å²) in [6.45, 7) is 1.84. The quantitative estimate of drug-likeness (QED) is 0.416. The van der Waals surface area contributed by atoms with E-state index in [1.165, 1.54) is 0 Å². The standard InChI is InChI=1S/C7H16N2O/c1-6(10)2-4-7(8,9)5-3-6/h10H,2-5,8-9H2,1H3. The zero-order valence-corrected chi connectivity index (χ0v) is 6.43. The van der Waals surface area contributed by atoms with Crippen molar-refractivity contribution in [1.29, 1.82) is 0 Å². The molecule has 1 saturated carbocycles. The highest BCUT2D eigenvalue weighted by atomic mass is 16.3. The van der Waals surface area contributed by atoms with Gasteiger partial charge in [-0.2, -0.15) is 0 Å². The van der Waals surface area contributed by atoms with Crippen molar-refractivity contribution in [2.24, 2.45) is 11.5 Å². The molecule has 0 atom stereocenters. The highest BCUT2D eigenvalue weighted by molar-refractivity contribution is 4.89. The minimum Gasteiger partial charge on any atom is -0.390 e. The maximum absolute atomic E-state index is 9.50. The van der Waals surface area contributed by atoms with Gasteiger partial charge in [-0.15, -0.1) is 0 Å². The van der Waals surface area contributed by atoms with E-state index in [2.05, 4.69) is 0 Å². The van der Waals surface area contributed by atoms with Crippen LogP contribution < -0.4 is 11.5 Å². The molecule has 0 heterocycles. The van der Waals surface area contributed by atoms with Crippen molar-refractivity contribution in [3.63, 3.8) is 0 Å². The molecule has 0 amide bonds. The van der Waals surface area contributed by atoms with E-state index < -0.39 is 11.3 Å². The molecular formula is C7H16N2O. The molecule has 1 rings (SSSR count). The molecule has 0 radical (unpaired) electrons. The van der Waals surface area contributed by atoms with Crippen LogP contribution in [-0.2, 0) is 0 Å². The fourth-order valence-corrected chi connectivity index (χ4v) is 1.25. The Morgan fingerprint density at radius 2 is 1.50 bits per heavy atom. The van der Waals surface area contributed by atoms with Gasteiger partial charge in [-0.05, 0) is 32.6 Å². The van der Waals surface area contributed by atoms with Crippen LogP contribution >= 0.6 is 0 Å². The molecule has 1 aliphatic carbocycles. The van der Waals surface area contributed by atoms with Crippen LogP contribution in [0.1, 0.15) is 32.6 Å². The molecule has 1 aliphatic rings. The first-order chi connectivity index (χ1) is 4.41. The minimum atomic E-state index is -0.526. The third-order valence-electron chi connectivity index (χ3n) is 2.26. The summed E-state index contributed by atoms with van der Waals surface area (Å²) >= 11 is 0. The van der Waals surface area contributed by atoms with Crippen molar-refractivity contribution in [3.05, 3.63) is 0 Å². The molecule has 5 N–H and O–H groups in total. The highest BCUT2D eigenvalue weighted by Crippen LogP contribution is 2.29. The first-order valence-corrected chi connectivity index (χ1v) is 3.72. The summed E-state index contributed by atoms with van der Waals surface area (Å²) in [5.41, 5.74) is 10.3. The molecule has 1 fully saturated rings. The summed E-state index contributed by atoms with van der Waals surface area (Å²) in [6.07, 6.45) is 2.89. The van der Waals surface area contributed by atoms with Gasteiger partial charge in [0.05, 0.1) is 11.3 Å². The Morgan fingerprint density at radius 1 is 1.10 bits per heavy atom. The average molecular weight is 144 g/mol. The second-order valence-corrected chi connectivity index (χ2v) is 3.73. The molecular weight excluding hydrogens is 128 g/mol. The summed E-state index contributed by atoms with van der Waals surface area (Å²) in [5.74, 6) is 0. The summed E-state index contributed by atoms with van der Waals surface area (Å²) in [7, 11) is 0. The molecule has 0 bridgehead atoms. The van der Waals surface area contributed by atoms with Crippen LogP contribution in [0.3, 0.4) is 0 Å². The van der Waals surface area contributed by atoms with Crippen LogP contribution in [0.5, 0.6) is 0 Å². The molecule has 0 aromatic carbocycles. The summed E-state index contributed by atoms with van der Waals surface area (Å²) < 4.78 is 0. The van der Waals surface area contributed by atoms with E-state index in [0.29, 0.717) is 0 Å². The molecule has 60 valence electrons. The third-order valence-corrected chi connectivity index (χ3v) is 2.26. The van der Waals surface area contributed by atoms with Crippen LogP contribution in [0.25, 0.3) is 0 Å². The Labute approximate surface area is 61.4 Å². The Bertz CT molecular complexity index is 104. The number of rotatable bonds is 0. The lowest BCUT2D eigenvalue weighted by molar-refractivity contribution is 0.00268. The number of aliphatic hydroxyl groups is 1. The van der Waals surface area contributed by atoms with Gasteiger partial charge in [-0.3, -0.25) is 0 Å². The van der Waals surface area contributed by atoms with E-state index in [1.54, 1.807) is 0 Å². The van der Waals surface area contributed by atoms with Gasteiger partial charge in [-0.1, -0.05) is 0 Å². The van der Waals surface area contributed by atoms with Gasteiger partial charge >= 0.3 is 0 Å². The molecule has 0 saturated heterocycles. The molecule has 3 heteroatoms. The van der Waals surface area contributed by atoms with Crippen molar-refractivity contribution in [2.45, 2.75) is 43.9 Å². The number of hydrogen-bond donors (Lipinski definition) is 3. The van der Waals surface area contributed by atoms with E-state index in [4.69, 9.17) is 11.5 Å². The van der Waals surface area contributed by atoms with Gasteiger partial charge in [0.15, 0.2) is 0 Å². The molecule has 0 aliphatic heterocycles. The maximum atomic E-state index is 9.50. The Kier molecular flexibility index (Phi) is 1.75. The Morgan fingerprint density at radius 3 is 1.80 bits per heavy atom. The monoisotopic (exact) mass is 144 g/mol. The molecule has 0 spiro atoms. The zero-order valence-electron chi connectivity index (χ0n) is 6.43. The predicted octanol–water partition coefficient (Wildman–Crippen LogP) is -0.0749. The van der Waals surface area contributed by atoms with E-state index in [9.17, 15) is 5.11 Å². The lowest BCUT2D eigenvalue weighted by Crippen LogP contribution is -2.54. The van der Waals surface area contributed by atoms with Crippen LogP contribution in [0, 0.1) is 0 Å². The van der Waals surface area contributed by atoms with Crippen molar-refractivity contribution >= 4 is 0 Å². The predicted molar refractivity (Wildman–Crippen MR) is 40.2 cm³/mol. The summed E-state index contributed by atoms with van der Waals surface area (Å²) in [5, 5.41) is 9.50. The zero-order chi connectivity index (χ0) is 7.83. The van der Waals surface area contributed by atoms with Gasteiger partial charge in [0.25, 0.3) is 0 Å². The van der Waals surface area contributed by atoms with Crippen molar-refractivity contribution in [1.82, 2.24) is 0 Å². The molecule has 3 nitrogen and oxygen atoms in total. The summed E-state index contributed by atoms with van der Waals surface area (Å²) in [4.78, 5) is 0. The van der Waals surface area contributed by atoms with Crippen LogP contribution in [0.15, 0.2) is 0 Å². The van der Waals surface area contributed by atoms with E-state index >= 15 is 0 Å². The SMILES string of the molecule is CC1(O)CCC(N)(N)CC1. The summed E-state index contributed by atoms with van der Waals surface area (Å²) in [6, 6.07) is 0. The van der Waals surface area contributed by atoms with Crippen LogP contribution in [0.4, 0.5) is 0 Å². The maximum Gasteiger partial charge on any atom is 0.0638 e. The second kappa shape index (κ2) is 2.19. The van der Waals surface area contributed by atoms with Crippen molar-refractivity contribution in [3.8, 4) is 0 Å². The topological polar surface area (TPSA) is 72.3 Å². The van der Waals surface area contributed by atoms with E-state index in [-0.39, 0.29) is 0 Å². The molecule has 0 aromatic rings. The largest absolute Gasteiger partial charge is 0.390 e. The smallest absolute Gasteiger partial charge is 0.0638 e. The van der Waals surface area contributed by atoms with E-state index in [1.807, 2.05) is 6.92 Å². The van der Waals surface area contributed by atoms with Gasteiger partial charge < -0.3 is 16.6 Å². The van der Waals surface area contributed by atoms with Gasteiger partial charge in [0.2, 0.25) is 0 Å². The Balaban J connectivity index is 2.46. The average Bonchev–Trinajstić information content (AvgIpc) is 1.79. The molecule has 0 aromatic heterocycles. The third kappa shape index (κ3) is 1.94. The molecule has 10 heavy (non-hydrogen) atoms. The van der Waals surface area contributed by atoms with Crippen molar-refractivity contribution in [2.75, 3.05) is 0 Å². The lowest BCUT2D eigenvalue weighted by Gasteiger charge is -2.37. The van der Waals surface area contributed by atoms with E-state index in [0.717, 1.165) is 25.7 Å². The van der Waals surface area contributed by atoms with Crippen LogP contribution in [0.2, 0.25) is 0 Å². The number of nitrogens with two attached hydrogens (primary N) is 2. The van der Waals surface area contributed by atoms with Crippen molar-refractivity contribution < 1.29 is 5.11 Å². The Hall–Kier alpha value is -0.120. The molecule has 0 unspecified atom stereocenters. The second-order valence-electron chi connectivity index (χ2n) is 3.73. The lowest BCUT2D eigenvalue weighted by atomic mass is 9.81. The first-order valence-electron chi connectivity index (χ1n) is 3.72. The highest BCUT2D eigenvalue weighted by Gasteiger charge is 2.33. The van der Waals surface area contributed by atoms with Gasteiger partial charge in [0.1, 0.15) is 0 Å². The first kappa shape index (κ1) is 7.98. The minimum absolute atomic E-state index is 0.526. The van der Waals surface area contributed by atoms with Crippen LogP contribution in [-0.4, -0.2) is 16.4 Å². The fraction of sp³-hybridized carbons (Fsp3) is 1.00. The fourth-order valence-electron chi connectivity index (χ4n) is 1.25. The van der Waals surface area contributed by atoms with Gasteiger partial charge in [-0.25, -0.2) is 0 Å². The van der Waals surface area contributed by atoms with Gasteiger partial charge in [0, 0.05) is 0 Å². The normalized spacial score (nSPS) is 30.0. The number of hydrogen-bond acceptors (Lipinski definition) is 3.